The third-order valence-corrected chi connectivity index (χ3v) is 4.98. The SMILES string of the molecule is Cc1c(C(=O)Nc2ccc(N=Nc3ccccc3)cc2)oc2c1C(=NN=C(N)N)CCC2. The Morgan fingerprint density at radius 2 is 1.66 bits per heavy atom. The Kier molecular flexibility index (Phi) is 6.07. The highest BCUT2D eigenvalue weighted by Gasteiger charge is 2.28. The topological polar surface area (TPSA) is 144 Å². The molecule has 162 valence electrons. The van der Waals surface area contributed by atoms with E-state index < -0.39 is 0 Å². The molecular weight excluding hydrogens is 406 g/mol. The van der Waals surface area contributed by atoms with Crippen LogP contribution in [0.15, 0.2) is 79.4 Å². The maximum absolute atomic E-state index is 12.9. The molecule has 9 nitrogen and oxygen atoms in total. The van der Waals surface area contributed by atoms with Crippen molar-refractivity contribution < 1.29 is 9.21 Å². The molecular formula is C23H23N7O2. The van der Waals surface area contributed by atoms with Gasteiger partial charge in [0.1, 0.15) is 5.76 Å². The van der Waals surface area contributed by atoms with Gasteiger partial charge in [0.15, 0.2) is 5.76 Å². The van der Waals surface area contributed by atoms with Gasteiger partial charge in [-0.05, 0) is 56.2 Å². The van der Waals surface area contributed by atoms with E-state index in [0.717, 1.165) is 35.4 Å². The molecule has 0 fully saturated rings. The van der Waals surface area contributed by atoms with Gasteiger partial charge in [0.2, 0.25) is 5.96 Å². The molecule has 1 aliphatic carbocycles. The van der Waals surface area contributed by atoms with E-state index in [0.29, 0.717) is 23.5 Å². The maximum Gasteiger partial charge on any atom is 0.291 e. The minimum atomic E-state index is -0.336. The van der Waals surface area contributed by atoms with Crippen molar-refractivity contribution in [2.75, 3.05) is 5.32 Å². The monoisotopic (exact) mass is 429 g/mol. The molecule has 0 unspecified atom stereocenters. The Morgan fingerprint density at radius 1 is 0.969 bits per heavy atom. The van der Waals surface area contributed by atoms with Crippen LogP contribution in [0.4, 0.5) is 17.1 Å². The van der Waals surface area contributed by atoms with Crippen molar-refractivity contribution >= 4 is 34.6 Å². The molecule has 32 heavy (non-hydrogen) atoms. The van der Waals surface area contributed by atoms with Crippen LogP contribution in [0.25, 0.3) is 0 Å². The van der Waals surface area contributed by atoms with Crippen LogP contribution in [0, 0.1) is 6.92 Å². The molecule has 4 rings (SSSR count). The average molecular weight is 429 g/mol. The van der Waals surface area contributed by atoms with E-state index in [1.807, 2.05) is 37.3 Å². The molecule has 0 radical (unpaired) electrons. The third kappa shape index (κ3) is 4.72. The van der Waals surface area contributed by atoms with Crippen LogP contribution in [-0.4, -0.2) is 17.6 Å². The highest BCUT2D eigenvalue weighted by molar-refractivity contribution is 6.09. The summed E-state index contributed by atoms with van der Waals surface area (Å²) in [5, 5.41) is 19.1. The standard InChI is InChI=1S/C23H23N7O2/c1-14-20-18(29-30-23(24)25)8-5-9-19(20)32-21(14)22(31)26-15-10-12-17(13-11-15)28-27-16-6-3-2-4-7-16/h2-4,6-7,10-13H,5,8-9H2,1H3,(H,26,31)(H4,24,25,30). The van der Waals surface area contributed by atoms with Gasteiger partial charge >= 0.3 is 0 Å². The fraction of sp³-hybridized carbons (Fsp3) is 0.174. The zero-order chi connectivity index (χ0) is 22.5. The van der Waals surface area contributed by atoms with Crippen LogP contribution in [0.2, 0.25) is 0 Å². The molecule has 1 aliphatic rings. The van der Waals surface area contributed by atoms with Gasteiger partial charge in [-0.25, -0.2) is 0 Å². The number of hydrogen-bond acceptors (Lipinski definition) is 6. The molecule has 3 aromatic rings. The number of azo groups is 1. The van der Waals surface area contributed by atoms with Crippen molar-refractivity contribution in [3.63, 3.8) is 0 Å². The van der Waals surface area contributed by atoms with Crippen molar-refractivity contribution in [3.05, 3.63) is 77.2 Å². The van der Waals surface area contributed by atoms with Crippen molar-refractivity contribution in [3.8, 4) is 0 Å². The normalized spacial score (nSPS) is 14.3. The summed E-state index contributed by atoms with van der Waals surface area (Å²) in [6.45, 7) is 1.83. The maximum atomic E-state index is 12.9. The molecule has 9 heteroatoms. The molecule has 2 aromatic carbocycles. The molecule has 1 amide bonds. The van der Waals surface area contributed by atoms with E-state index in [-0.39, 0.29) is 17.6 Å². The Labute approximate surface area is 184 Å². The first-order chi connectivity index (χ1) is 15.5. The second-order valence-corrected chi connectivity index (χ2v) is 7.32. The summed E-state index contributed by atoms with van der Waals surface area (Å²) in [5.41, 5.74) is 15.1. The van der Waals surface area contributed by atoms with Crippen LogP contribution in [0.3, 0.4) is 0 Å². The smallest absolute Gasteiger partial charge is 0.291 e. The van der Waals surface area contributed by atoms with E-state index in [9.17, 15) is 4.79 Å². The number of anilines is 1. The molecule has 1 heterocycles. The zero-order valence-corrected chi connectivity index (χ0v) is 17.6. The number of aryl methyl sites for hydroxylation is 1. The summed E-state index contributed by atoms with van der Waals surface area (Å²) in [4.78, 5) is 12.9. The predicted molar refractivity (Wildman–Crippen MR) is 124 cm³/mol. The summed E-state index contributed by atoms with van der Waals surface area (Å²) in [5.74, 6) is 0.523. The Balaban J connectivity index is 1.49. The first-order valence-corrected chi connectivity index (χ1v) is 10.2. The first-order valence-electron chi connectivity index (χ1n) is 10.2. The van der Waals surface area contributed by atoms with Gasteiger partial charge < -0.3 is 21.2 Å². The van der Waals surface area contributed by atoms with Gasteiger partial charge in [-0.2, -0.15) is 15.3 Å². The molecule has 0 spiro atoms. The number of nitrogens with one attached hydrogen (secondary N) is 1. The lowest BCUT2D eigenvalue weighted by Crippen LogP contribution is -2.22. The molecule has 0 aliphatic heterocycles. The first kappa shape index (κ1) is 21.0. The summed E-state index contributed by atoms with van der Waals surface area (Å²) >= 11 is 0. The molecule has 0 saturated carbocycles. The van der Waals surface area contributed by atoms with E-state index in [4.69, 9.17) is 15.9 Å². The largest absolute Gasteiger partial charge is 0.455 e. The number of nitrogens with zero attached hydrogens (tertiary/aromatic N) is 4. The Morgan fingerprint density at radius 3 is 2.34 bits per heavy atom. The van der Waals surface area contributed by atoms with Crippen molar-refractivity contribution in [1.82, 2.24) is 0 Å². The van der Waals surface area contributed by atoms with Crippen LogP contribution in [-0.2, 0) is 6.42 Å². The number of nitrogens with two attached hydrogens (primary N) is 2. The lowest BCUT2D eigenvalue weighted by molar-refractivity contribution is 0.0994. The highest BCUT2D eigenvalue weighted by Crippen LogP contribution is 2.30. The average Bonchev–Trinajstić information content (AvgIpc) is 3.15. The summed E-state index contributed by atoms with van der Waals surface area (Å²) < 4.78 is 5.88. The summed E-state index contributed by atoms with van der Waals surface area (Å²) in [6.07, 6.45) is 2.29. The number of carbonyl (C=O) groups is 1. The van der Waals surface area contributed by atoms with E-state index in [1.54, 1.807) is 24.3 Å². The van der Waals surface area contributed by atoms with Crippen molar-refractivity contribution in [1.29, 1.82) is 0 Å². The summed E-state index contributed by atoms with van der Waals surface area (Å²) in [6, 6.07) is 16.6. The number of hydrogen-bond donors (Lipinski definition) is 3. The minimum absolute atomic E-state index is 0.115. The van der Waals surface area contributed by atoms with Gasteiger partial charge in [-0.1, -0.05) is 18.2 Å². The molecule has 0 saturated heterocycles. The van der Waals surface area contributed by atoms with Crippen LogP contribution >= 0.6 is 0 Å². The number of rotatable bonds is 5. The predicted octanol–water partition coefficient (Wildman–Crippen LogP) is 4.57. The quantitative estimate of drug-likeness (QED) is 0.236. The van der Waals surface area contributed by atoms with Gasteiger partial charge in [0, 0.05) is 23.2 Å². The van der Waals surface area contributed by atoms with E-state index in [1.165, 1.54) is 0 Å². The highest BCUT2D eigenvalue weighted by atomic mass is 16.4. The van der Waals surface area contributed by atoms with E-state index in [2.05, 4.69) is 25.7 Å². The second kappa shape index (κ2) is 9.25. The van der Waals surface area contributed by atoms with Crippen LogP contribution in [0.5, 0.6) is 0 Å². The van der Waals surface area contributed by atoms with Gasteiger partial charge in [-0.3, -0.25) is 4.79 Å². The van der Waals surface area contributed by atoms with Crippen LogP contribution < -0.4 is 16.8 Å². The van der Waals surface area contributed by atoms with Gasteiger partial charge in [0.05, 0.1) is 17.1 Å². The summed E-state index contributed by atoms with van der Waals surface area (Å²) in [7, 11) is 0. The fourth-order valence-electron chi connectivity index (χ4n) is 3.51. The van der Waals surface area contributed by atoms with Gasteiger partial charge in [0.25, 0.3) is 5.91 Å². The molecule has 1 aromatic heterocycles. The van der Waals surface area contributed by atoms with Crippen molar-refractivity contribution in [2.24, 2.45) is 31.9 Å². The lowest BCUT2D eigenvalue weighted by atomic mass is 9.93. The lowest BCUT2D eigenvalue weighted by Gasteiger charge is -2.11. The Hall–Kier alpha value is -4.27. The number of furan rings is 1. The number of amides is 1. The minimum Gasteiger partial charge on any atom is -0.455 e. The third-order valence-electron chi connectivity index (χ3n) is 4.98. The van der Waals surface area contributed by atoms with Crippen molar-refractivity contribution in [2.45, 2.75) is 26.2 Å². The Bertz CT molecular complexity index is 1210. The number of fused-ring (bicyclic) bond motifs is 1. The molecule has 5 N–H and O–H groups in total. The molecule has 0 bridgehead atoms. The fourth-order valence-corrected chi connectivity index (χ4v) is 3.51. The zero-order valence-electron chi connectivity index (χ0n) is 17.6. The second-order valence-electron chi connectivity index (χ2n) is 7.32. The number of carbonyl (C=O) groups excluding carboxylic acids is 1. The number of guanidine groups is 1. The molecule has 0 atom stereocenters. The van der Waals surface area contributed by atoms with E-state index >= 15 is 0 Å². The van der Waals surface area contributed by atoms with Gasteiger partial charge in [-0.15, -0.1) is 5.10 Å². The van der Waals surface area contributed by atoms with Crippen LogP contribution in [0.1, 0.15) is 40.3 Å². The number of benzene rings is 2.